The van der Waals surface area contributed by atoms with Gasteiger partial charge in [0.1, 0.15) is 0 Å². The topological polar surface area (TPSA) is 21.3 Å². The fraction of sp³-hybridized carbons (Fsp3) is 1.00. The number of rotatable bonds is 6. The van der Waals surface area contributed by atoms with Crippen LogP contribution in [0.2, 0.25) is 0 Å². The zero-order chi connectivity index (χ0) is 12.3. The van der Waals surface area contributed by atoms with Crippen molar-refractivity contribution in [2.45, 2.75) is 70.4 Å². The summed E-state index contributed by atoms with van der Waals surface area (Å²) >= 11 is 0. The Morgan fingerprint density at radius 3 is 2.35 bits per heavy atom. The van der Waals surface area contributed by atoms with Crippen molar-refractivity contribution in [3.8, 4) is 0 Å². The predicted octanol–water partition coefficient (Wildman–Crippen LogP) is 3.36. The molecule has 2 fully saturated rings. The first-order valence-electron chi connectivity index (χ1n) is 7.48. The summed E-state index contributed by atoms with van der Waals surface area (Å²) in [6, 6.07) is 0.581. The molecular weight excluding hydrogens is 210 g/mol. The normalized spacial score (nSPS) is 35.8. The SMILES string of the molecule is CCNC(CC1CC1)C1(OC)CCC(C)CC1. The molecular formula is C15H29NO. The van der Waals surface area contributed by atoms with E-state index in [2.05, 4.69) is 19.2 Å². The van der Waals surface area contributed by atoms with Gasteiger partial charge in [0.25, 0.3) is 0 Å². The Balaban J connectivity index is 2.00. The molecule has 0 saturated heterocycles. The Kier molecular flexibility index (Phi) is 4.48. The molecule has 0 bridgehead atoms. The van der Waals surface area contributed by atoms with Crippen LogP contribution in [0, 0.1) is 11.8 Å². The number of ether oxygens (including phenoxy) is 1. The van der Waals surface area contributed by atoms with Crippen molar-refractivity contribution in [2.24, 2.45) is 11.8 Å². The number of hydrogen-bond donors (Lipinski definition) is 1. The maximum Gasteiger partial charge on any atom is 0.0831 e. The molecule has 2 rings (SSSR count). The molecule has 0 aliphatic heterocycles. The molecule has 2 nitrogen and oxygen atoms in total. The molecule has 17 heavy (non-hydrogen) atoms. The van der Waals surface area contributed by atoms with E-state index in [0.717, 1.165) is 18.4 Å². The summed E-state index contributed by atoms with van der Waals surface area (Å²) in [5, 5.41) is 3.71. The molecule has 1 atom stereocenters. The highest BCUT2D eigenvalue weighted by Gasteiger charge is 2.43. The minimum absolute atomic E-state index is 0.130. The summed E-state index contributed by atoms with van der Waals surface area (Å²) in [5.41, 5.74) is 0.130. The zero-order valence-corrected chi connectivity index (χ0v) is 11.8. The second kappa shape index (κ2) is 5.71. The molecule has 0 heterocycles. The van der Waals surface area contributed by atoms with Gasteiger partial charge in [-0.1, -0.05) is 26.7 Å². The van der Waals surface area contributed by atoms with Crippen LogP contribution in [0.25, 0.3) is 0 Å². The van der Waals surface area contributed by atoms with E-state index in [-0.39, 0.29) is 5.60 Å². The Hall–Kier alpha value is -0.0800. The fourth-order valence-corrected chi connectivity index (χ4v) is 3.36. The average Bonchev–Trinajstić information content (AvgIpc) is 3.14. The van der Waals surface area contributed by atoms with Gasteiger partial charge in [-0.15, -0.1) is 0 Å². The molecule has 1 unspecified atom stereocenters. The molecule has 0 radical (unpaired) electrons. The van der Waals surface area contributed by atoms with Gasteiger partial charge in [-0.05, 0) is 50.5 Å². The van der Waals surface area contributed by atoms with Gasteiger partial charge in [0.2, 0.25) is 0 Å². The van der Waals surface area contributed by atoms with Crippen molar-refractivity contribution in [1.29, 1.82) is 0 Å². The highest BCUT2D eigenvalue weighted by atomic mass is 16.5. The van der Waals surface area contributed by atoms with Gasteiger partial charge in [-0.25, -0.2) is 0 Å². The summed E-state index contributed by atoms with van der Waals surface area (Å²) in [4.78, 5) is 0. The molecule has 2 saturated carbocycles. The highest BCUT2D eigenvalue weighted by molar-refractivity contribution is 4.98. The standard InChI is InChI=1S/C15H29NO/c1-4-16-14(11-13-5-6-13)15(17-3)9-7-12(2)8-10-15/h12-14,16H,4-11H2,1-3H3. The van der Waals surface area contributed by atoms with E-state index in [1.54, 1.807) is 0 Å². The van der Waals surface area contributed by atoms with Gasteiger partial charge in [-0.3, -0.25) is 0 Å². The molecule has 2 aliphatic carbocycles. The lowest BCUT2D eigenvalue weighted by atomic mass is 9.74. The maximum atomic E-state index is 6.01. The van der Waals surface area contributed by atoms with E-state index in [1.165, 1.54) is 44.9 Å². The van der Waals surface area contributed by atoms with Gasteiger partial charge in [-0.2, -0.15) is 0 Å². The molecule has 0 aromatic carbocycles. The van der Waals surface area contributed by atoms with Crippen molar-refractivity contribution in [1.82, 2.24) is 5.32 Å². The Morgan fingerprint density at radius 1 is 1.24 bits per heavy atom. The summed E-state index contributed by atoms with van der Waals surface area (Å²) in [6.07, 6.45) is 9.37. The van der Waals surface area contributed by atoms with Crippen LogP contribution in [-0.2, 0) is 4.74 Å². The minimum atomic E-state index is 0.130. The first-order chi connectivity index (χ1) is 8.20. The molecule has 100 valence electrons. The van der Waals surface area contributed by atoms with E-state index >= 15 is 0 Å². The van der Waals surface area contributed by atoms with Crippen molar-refractivity contribution in [3.05, 3.63) is 0 Å². The first-order valence-corrected chi connectivity index (χ1v) is 7.48. The van der Waals surface area contributed by atoms with Crippen LogP contribution in [-0.4, -0.2) is 25.3 Å². The van der Waals surface area contributed by atoms with Crippen LogP contribution in [0.4, 0.5) is 0 Å². The number of methoxy groups -OCH3 is 1. The van der Waals surface area contributed by atoms with Gasteiger partial charge in [0.15, 0.2) is 0 Å². The van der Waals surface area contributed by atoms with Gasteiger partial charge >= 0.3 is 0 Å². The van der Waals surface area contributed by atoms with Gasteiger partial charge in [0, 0.05) is 13.2 Å². The summed E-state index contributed by atoms with van der Waals surface area (Å²) in [5.74, 6) is 1.87. The molecule has 0 aromatic heterocycles. The number of hydrogen-bond acceptors (Lipinski definition) is 2. The Labute approximate surface area is 107 Å². The third-order valence-electron chi connectivity index (χ3n) is 4.88. The predicted molar refractivity (Wildman–Crippen MR) is 72.2 cm³/mol. The van der Waals surface area contributed by atoms with E-state index in [4.69, 9.17) is 4.74 Å². The van der Waals surface area contributed by atoms with Crippen LogP contribution < -0.4 is 5.32 Å². The number of likely N-dealkylation sites (N-methyl/N-ethyl adjacent to an activating group) is 1. The van der Waals surface area contributed by atoms with Crippen LogP contribution >= 0.6 is 0 Å². The fourth-order valence-electron chi connectivity index (χ4n) is 3.36. The second-order valence-electron chi connectivity index (χ2n) is 6.24. The summed E-state index contributed by atoms with van der Waals surface area (Å²) in [7, 11) is 1.92. The van der Waals surface area contributed by atoms with E-state index < -0.39 is 0 Å². The van der Waals surface area contributed by atoms with E-state index in [1.807, 2.05) is 7.11 Å². The molecule has 0 amide bonds. The molecule has 1 N–H and O–H groups in total. The summed E-state index contributed by atoms with van der Waals surface area (Å²) < 4.78 is 6.01. The lowest BCUT2D eigenvalue weighted by Gasteiger charge is -2.44. The quantitative estimate of drug-likeness (QED) is 0.767. The van der Waals surface area contributed by atoms with Crippen LogP contribution in [0.5, 0.6) is 0 Å². The minimum Gasteiger partial charge on any atom is -0.377 e. The smallest absolute Gasteiger partial charge is 0.0831 e. The molecule has 0 spiro atoms. The first kappa shape index (κ1) is 13.4. The molecule has 2 heteroatoms. The molecule has 2 aliphatic rings. The van der Waals surface area contributed by atoms with E-state index in [9.17, 15) is 0 Å². The third kappa shape index (κ3) is 3.23. The Morgan fingerprint density at radius 2 is 1.88 bits per heavy atom. The second-order valence-corrected chi connectivity index (χ2v) is 6.24. The lowest BCUT2D eigenvalue weighted by Crippen LogP contribution is -2.54. The van der Waals surface area contributed by atoms with Gasteiger partial charge < -0.3 is 10.1 Å². The van der Waals surface area contributed by atoms with Crippen LogP contribution in [0.3, 0.4) is 0 Å². The zero-order valence-electron chi connectivity index (χ0n) is 11.8. The Bertz CT molecular complexity index is 229. The lowest BCUT2D eigenvalue weighted by molar-refractivity contribution is -0.0772. The van der Waals surface area contributed by atoms with Crippen molar-refractivity contribution < 1.29 is 4.74 Å². The summed E-state index contributed by atoms with van der Waals surface area (Å²) in [6.45, 7) is 5.66. The maximum absolute atomic E-state index is 6.01. The average molecular weight is 239 g/mol. The van der Waals surface area contributed by atoms with Crippen molar-refractivity contribution in [3.63, 3.8) is 0 Å². The monoisotopic (exact) mass is 239 g/mol. The van der Waals surface area contributed by atoms with Crippen LogP contribution in [0.1, 0.15) is 58.8 Å². The largest absolute Gasteiger partial charge is 0.377 e. The van der Waals surface area contributed by atoms with Gasteiger partial charge in [0.05, 0.1) is 5.60 Å². The highest BCUT2D eigenvalue weighted by Crippen LogP contribution is 2.42. The number of nitrogens with one attached hydrogen (secondary N) is 1. The van der Waals surface area contributed by atoms with Crippen LogP contribution in [0.15, 0.2) is 0 Å². The molecule has 0 aromatic rings. The third-order valence-corrected chi connectivity index (χ3v) is 4.88. The van der Waals surface area contributed by atoms with Crippen molar-refractivity contribution >= 4 is 0 Å². The van der Waals surface area contributed by atoms with E-state index in [0.29, 0.717) is 6.04 Å². The van der Waals surface area contributed by atoms with Crippen molar-refractivity contribution in [2.75, 3.05) is 13.7 Å².